The van der Waals surface area contributed by atoms with Crippen molar-refractivity contribution in [2.45, 2.75) is 31.3 Å². The normalized spacial score (nSPS) is 12.9. The summed E-state index contributed by atoms with van der Waals surface area (Å²) >= 11 is 6.29. The van der Waals surface area contributed by atoms with Crippen LogP contribution in [0.3, 0.4) is 0 Å². The van der Waals surface area contributed by atoms with Gasteiger partial charge in [-0.2, -0.15) is 9.65 Å². The fraction of sp³-hybridized carbons (Fsp3) is 0.235. The highest BCUT2D eigenvalue weighted by molar-refractivity contribution is 7.89. The predicted octanol–water partition coefficient (Wildman–Crippen LogP) is 2.51. The van der Waals surface area contributed by atoms with Gasteiger partial charge in [0.15, 0.2) is 0 Å². The van der Waals surface area contributed by atoms with Crippen LogP contribution < -0.4 is 10.0 Å². The number of fused-ring (bicyclic) bond motifs is 1. The minimum absolute atomic E-state index is 0.00339. The summed E-state index contributed by atoms with van der Waals surface area (Å²) in [5.41, 5.74) is -0.0207. The van der Waals surface area contributed by atoms with Gasteiger partial charge in [-0.1, -0.05) is 17.7 Å². The van der Waals surface area contributed by atoms with Crippen molar-refractivity contribution >= 4 is 39.3 Å². The summed E-state index contributed by atoms with van der Waals surface area (Å²) in [6, 6.07) is 3.45. The van der Waals surface area contributed by atoms with Gasteiger partial charge < -0.3 is 9.88 Å². The van der Waals surface area contributed by atoms with Gasteiger partial charge in [-0.25, -0.2) is 18.1 Å². The molecule has 28 heavy (non-hydrogen) atoms. The lowest BCUT2D eigenvalue weighted by Crippen LogP contribution is -2.30. The lowest BCUT2D eigenvalue weighted by Gasteiger charge is -2.09. The van der Waals surface area contributed by atoms with Crippen LogP contribution in [0.5, 0.6) is 0 Å². The monoisotopic (exact) mass is 423 g/mol. The van der Waals surface area contributed by atoms with Crippen LogP contribution in [0.25, 0.3) is 6.08 Å². The van der Waals surface area contributed by atoms with Crippen LogP contribution in [0.4, 0.5) is 10.1 Å². The summed E-state index contributed by atoms with van der Waals surface area (Å²) in [5, 5.41) is 11.1. The highest BCUT2D eigenvalue weighted by Gasteiger charge is 2.33. The summed E-state index contributed by atoms with van der Waals surface area (Å²) in [6.07, 6.45) is 3.26. The van der Waals surface area contributed by atoms with Gasteiger partial charge >= 0.3 is 0 Å². The van der Waals surface area contributed by atoms with Crippen LogP contribution in [0.1, 0.15) is 35.7 Å². The van der Waals surface area contributed by atoms with E-state index in [9.17, 15) is 17.6 Å². The minimum Gasteiger partial charge on any atom is -0.331 e. The Morgan fingerprint density at radius 1 is 1.43 bits per heavy atom. The Morgan fingerprint density at radius 3 is 2.79 bits per heavy atom. The van der Waals surface area contributed by atoms with E-state index in [2.05, 4.69) is 15.0 Å². The third-order valence-corrected chi connectivity index (χ3v) is 6.02. The molecule has 0 atom stereocenters. The Bertz CT molecular complexity index is 1150. The van der Waals surface area contributed by atoms with E-state index < -0.39 is 21.9 Å². The number of carbonyl (C=O) groups excluding carboxylic acids is 1. The third kappa shape index (κ3) is 3.64. The van der Waals surface area contributed by atoms with E-state index in [4.69, 9.17) is 16.9 Å². The molecular formula is C17H15ClFN5O3S. The van der Waals surface area contributed by atoms with Crippen molar-refractivity contribution < 1.29 is 17.6 Å². The molecule has 3 heterocycles. The second-order valence-electron chi connectivity index (χ2n) is 6.30. The summed E-state index contributed by atoms with van der Waals surface area (Å²) in [4.78, 5) is 16.0. The van der Waals surface area contributed by atoms with Gasteiger partial charge in [0.1, 0.15) is 22.4 Å². The maximum absolute atomic E-state index is 13.5. The van der Waals surface area contributed by atoms with Gasteiger partial charge in [0.05, 0.1) is 10.7 Å². The van der Waals surface area contributed by atoms with Gasteiger partial charge in [-0.3, -0.25) is 4.79 Å². The van der Waals surface area contributed by atoms with Crippen molar-refractivity contribution in [3.63, 3.8) is 0 Å². The number of rotatable bonds is 5. The number of nitrogens with one attached hydrogen (secondary N) is 2. The molecular weight excluding hydrogens is 409 g/mol. The Kier molecular flexibility index (Phi) is 5.25. The molecule has 11 heteroatoms. The molecule has 1 amide bonds. The average Bonchev–Trinajstić information content (AvgIpc) is 3.11. The number of sulfonamides is 1. The molecule has 1 aliphatic rings. The first kappa shape index (κ1) is 20.0. The van der Waals surface area contributed by atoms with Gasteiger partial charge in [-0.05, 0) is 26.0 Å². The SMILES string of the molecule is CC(C)NS(=O)(=O)c1c(Cl)c(C(=O)Nc2cc(F)nc(C#N)c2)n2c1C=CC2. The molecule has 146 valence electrons. The van der Waals surface area contributed by atoms with Crippen LogP contribution in [-0.4, -0.2) is 29.9 Å². The van der Waals surface area contributed by atoms with Crippen LogP contribution in [0.15, 0.2) is 23.1 Å². The number of hydrogen-bond acceptors (Lipinski definition) is 5. The van der Waals surface area contributed by atoms with E-state index in [-0.39, 0.29) is 45.3 Å². The van der Waals surface area contributed by atoms with Gasteiger partial charge in [0.25, 0.3) is 5.91 Å². The van der Waals surface area contributed by atoms with Gasteiger partial charge in [0.2, 0.25) is 16.0 Å². The van der Waals surface area contributed by atoms with Gasteiger partial charge in [-0.15, -0.1) is 0 Å². The van der Waals surface area contributed by atoms with E-state index in [0.717, 1.165) is 6.07 Å². The molecule has 0 spiro atoms. The molecule has 0 radical (unpaired) electrons. The second kappa shape index (κ2) is 7.35. The first-order valence-corrected chi connectivity index (χ1v) is 10.00. The molecule has 2 N–H and O–H groups in total. The van der Waals surface area contributed by atoms with Crippen molar-refractivity contribution in [1.82, 2.24) is 14.3 Å². The zero-order valence-corrected chi connectivity index (χ0v) is 16.4. The number of aromatic nitrogens is 2. The number of pyridine rings is 1. The molecule has 0 unspecified atom stereocenters. The zero-order chi connectivity index (χ0) is 20.6. The van der Waals surface area contributed by atoms with Crippen molar-refractivity contribution in [1.29, 1.82) is 5.26 Å². The maximum Gasteiger partial charge on any atom is 0.273 e. The molecule has 0 bridgehead atoms. The summed E-state index contributed by atoms with van der Waals surface area (Å²) in [5.74, 6) is -1.68. The molecule has 0 fully saturated rings. The predicted molar refractivity (Wildman–Crippen MR) is 101 cm³/mol. The number of allylic oxidation sites excluding steroid dienone is 1. The Morgan fingerprint density at radius 2 is 2.14 bits per heavy atom. The first-order valence-electron chi connectivity index (χ1n) is 8.14. The van der Waals surface area contributed by atoms with E-state index in [1.165, 1.54) is 10.6 Å². The van der Waals surface area contributed by atoms with Crippen LogP contribution in [0, 0.1) is 17.3 Å². The van der Waals surface area contributed by atoms with E-state index >= 15 is 0 Å². The van der Waals surface area contributed by atoms with Crippen molar-refractivity contribution in [3.8, 4) is 6.07 Å². The molecule has 2 aromatic rings. The fourth-order valence-corrected chi connectivity index (χ4v) is 4.98. The largest absolute Gasteiger partial charge is 0.331 e. The third-order valence-electron chi connectivity index (χ3n) is 3.81. The highest BCUT2D eigenvalue weighted by atomic mass is 35.5. The Hall–Kier alpha value is -2.74. The zero-order valence-electron chi connectivity index (χ0n) is 14.8. The number of carbonyl (C=O) groups is 1. The quantitative estimate of drug-likeness (QED) is 0.716. The summed E-state index contributed by atoms with van der Waals surface area (Å²) in [6.45, 7) is 3.58. The molecule has 1 aliphatic heterocycles. The molecule has 8 nitrogen and oxygen atoms in total. The standard InChI is InChI=1S/C17H15ClFN5O3S/c1-9(2)23-28(26,27)16-12-4-3-5-24(12)15(14(16)18)17(25)22-10-6-11(8-20)21-13(19)7-10/h3-4,6-7,9,23H,5H2,1-2H3,(H,21,22,25). The van der Waals surface area contributed by atoms with E-state index in [1.807, 2.05) is 0 Å². The number of halogens is 2. The molecule has 3 rings (SSSR count). The van der Waals surface area contributed by atoms with Crippen molar-refractivity contribution in [2.24, 2.45) is 0 Å². The van der Waals surface area contributed by atoms with E-state index in [1.54, 1.807) is 32.1 Å². The topological polar surface area (TPSA) is 117 Å². The summed E-state index contributed by atoms with van der Waals surface area (Å²) in [7, 11) is -3.97. The van der Waals surface area contributed by atoms with Crippen molar-refractivity contribution in [2.75, 3.05) is 5.32 Å². The molecule has 2 aromatic heterocycles. The number of hydrogen-bond donors (Lipinski definition) is 2. The smallest absolute Gasteiger partial charge is 0.273 e. The molecule has 0 saturated heterocycles. The fourth-order valence-electron chi connectivity index (χ4n) is 2.87. The Labute approximate surface area is 165 Å². The van der Waals surface area contributed by atoms with Gasteiger partial charge in [0, 0.05) is 24.3 Å². The second-order valence-corrected chi connectivity index (χ2v) is 8.32. The molecule has 0 aromatic carbocycles. The number of nitriles is 1. The lowest BCUT2D eigenvalue weighted by molar-refractivity contribution is 0.101. The van der Waals surface area contributed by atoms with Crippen LogP contribution in [-0.2, 0) is 16.6 Å². The average molecular weight is 424 g/mol. The lowest BCUT2D eigenvalue weighted by atomic mass is 10.3. The molecule has 0 saturated carbocycles. The number of nitrogens with zero attached hydrogens (tertiary/aromatic N) is 3. The Balaban J connectivity index is 2.05. The minimum atomic E-state index is -3.97. The summed E-state index contributed by atoms with van der Waals surface area (Å²) < 4.78 is 42.8. The number of anilines is 1. The number of amides is 1. The maximum atomic E-state index is 13.5. The van der Waals surface area contributed by atoms with Crippen LogP contribution in [0.2, 0.25) is 5.02 Å². The first-order chi connectivity index (χ1) is 13.1. The van der Waals surface area contributed by atoms with Crippen LogP contribution >= 0.6 is 11.6 Å². The highest BCUT2D eigenvalue weighted by Crippen LogP contribution is 2.36. The molecule has 0 aliphatic carbocycles. The van der Waals surface area contributed by atoms with E-state index in [0.29, 0.717) is 0 Å². The van der Waals surface area contributed by atoms with Crippen molar-refractivity contribution in [3.05, 3.63) is 46.3 Å².